The molecule has 0 saturated heterocycles. The molecule has 0 aromatic carbocycles. The van der Waals surface area contributed by atoms with Crippen molar-refractivity contribution in [2.24, 2.45) is 0 Å². The van der Waals surface area contributed by atoms with Crippen LogP contribution in [-0.4, -0.2) is 41.9 Å². The lowest BCUT2D eigenvalue weighted by atomic mass is 10.4. The van der Waals surface area contributed by atoms with Gasteiger partial charge >= 0.3 is 5.97 Å². The molecule has 0 aliphatic heterocycles. The van der Waals surface area contributed by atoms with Gasteiger partial charge in [0, 0.05) is 20.1 Å². The van der Waals surface area contributed by atoms with Crippen LogP contribution in [0.3, 0.4) is 0 Å². The fourth-order valence-corrected chi connectivity index (χ4v) is 2.88. The highest BCUT2D eigenvalue weighted by Gasteiger charge is 2.18. The lowest BCUT2D eigenvalue weighted by Gasteiger charge is -2.17. The van der Waals surface area contributed by atoms with Crippen LogP contribution >= 0.6 is 11.8 Å². The summed E-state index contributed by atoms with van der Waals surface area (Å²) in [5, 5.41) is 9.26. The molecule has 0 bridgehead atoms. The summed E-state index contributed by atoms with van der Waals surface area (Å²) in [6.07, 6.45) is 0. The molecule has 120 valence electrons. The molecule has 0 N–H and O–H groups in total. The largest absolute Gasteiger partial charge is 0.463 e. The number of furan rings is 1. The zero-order valence-corrected chi connectivity index (χ0v) is 14.2. The summed E-state index contributed by atoms with van der Waals surface area (Å²) in [5.41, 5.74) is 0. The number of carbonyl (C=O) groups is 1. The molecule has 2 aromatic heterocycles. The number of hydrogen-bond acceptors (Lipinski definition) is 7. The summed E-state index contributed by atoms with van der Waals surface area (Å²) in [6, 6.07) is 3.62. The first-order valence-corrected chi connectivity index (χ1v) is 7.84. The van der Waals surface area contributed by atoms with Gasteiger partial charge < -0.3 is 14.1 Å². The van der Waals surface area contributed by atoms with Crippen molar-refractivity contribution in [3.8, 4) is 0 Å². The predicted octanol–water partition coefficient (Wildman–Crippen LogP) is 2.60. The second-order valence-electron chi connectivity index (χ2n) is 5.19. The maximum absolute atomic E-state index is 11.4. The minimum Gasteiger partial charge on any atom is -0.463 e. The normalized spacial score (nSPS) is 11.0. The standard InChI is InChI=1S/C14H20N4O3S/c1-9(2)18-13(17(3)4)15-16-14(18)22-8-10-6-7-11(21-10)12(19)20-5/h6-7,9H,8H2,1-5H3. The number of hydrogen-bond donors (Lipinski definition) is 0. The third kappa shape index (κ3) is 3.44. The smallest absolute Gasteiger partial charge is 0.373 e. The molecule has 2 rings (SSSR count). The predicted molar refractivity (Wildman–Crippen MR) is 84.3 cm³/mol. The Hall–Kier alpha value is -1.96. The van der Waals surface area contributed by atoms with Gasteiger partial charge in [-0.15, -0.1) is 10.2 Å². The second kappa shape index (κ2) is 6.87. The molecule has 0 amide bonds. The van der Waals surface area contributed by atoms with Crippen LogP contribution in [-0.2, 0) is 10.5 Å². The molecule has 0 spiro atoms. The topological polar surface area (TPSA) is 73.4 Å². The first-order valence-electron chi connectivity index (χ1n) is 6.86. The molecule has 8 heteroatoms. The van der Waals surface area contributed by atoms with Crippen molar-refractivity contribution >= 4 is 23.7 Å². The number of aromatic nitrogens is 3. The van der Waals surface area contributed by atoms with Crippen LogP contribution in [0.25, 0.3) is 0 Å². The molecule has 0 fully saturated rings. The summed E-state index contributed by atoms with van der Waals surface area (Å²) in [6.45, 7) is 4.17. The molecule has 2 aromatic rings. The summed E-state index contributed by atoms with van der Waals surface area (Å²) in [5.74, 6) is 1.80. The summed E-state index contributed by atoms with van der Waals surface area (Å²) in [7, 11) is 5.20. The van der Waals surface area contributed by atoms with Crippen molar-refractivity contribution < 1.29 is 13.9 Å². The summed E-state index contributed by atoms with van der Waals surface area (Å²) >= 11 is 1.52. The fourth-order valence-electron chi connectivity index (χ4n) is 1.93. The Bertz CT molecular complexity index is 648. The molecule has 0 unspecified atom stereocenters. The average molecular weight is 324 g/mol. The average Bonchev–Trinajstić information content (AvgIpc) is 3.10. The van der Waals surface area contributed by atoms with Crippen molar-refractivity contribution in [3.63, 3.8) is 0 Å². The van der Waals surface area contributed by atoms with Crippen LogP contribution in [0.4, 0.5) is 5.95 Å². The van der Waals surface area contributed by atoms with E-state index in [-0.39, 0.29) is 11.8 Å². The molecule has 0 aliphatic rings. The van der Waals surface area contributed by atoms with E-state index in [9.17, 15) is 4.79 Å². The number of carbonyl (C=O) groups excluding carboxylic acids is 1. The maximum Gasteiger partial charge on any atom is 0.373 e. The number of esters is 1. The molecule has 7 nitrogen and oxygen atoms in total. The van der Waals surface area contributed by atoms with Gasteiger partial charge in [0.1, 0.15) is 5.76 Å². The Kier molecular flexibility index (Phi) is 5.12. The van der Waals surface area contributed by atoms with Crippen LogP contribution in [0.5, 0.6) is 0 Å². The van der Waals surface area contributed by atoms with Gasteiger partial charge in [0.25, 0.3) is 0 Å². The first-order chi connectivity index (χ1) is 10.4. The highest BCUT2D eigenvalue weighted by atomic mass is 32.2. The van der Waals surface area contributed by atoms with Crippen LogP contribution < -0.4 is 4.90 Å². The van der Waals surface area contributed by atoms with E-state index in [1.54, 1.807) is 12.1 Å². The molecule has 0 aliphatic carbocycles. The second-order valence-corrected chi connectivity index (χ2v) is 6.13. The molecule has 0 atom stereocenters. The van der Waals surface area contributed by atoms with E-state index in [1.807, 2.05) is 19.0 Å². The Morgan fingerprint density at radius 3 is 2.73 bits per heavy atom. The van der Waals surface area contributed by atoms with E-state index in [0.29, 0.717) is 11.5 Å². The van der Waals surface area contributed by atoms with E-state index in [1.165, 1.54) is 18.9 Å². The van der Waals surface area contributed by atoms with Crippen molar-refractivity contribution in [1.82, 2.24) is 14.8 Å². The van der Waals surface area contributed by atoms with E-state index in [4.69, 9.17) is 4.42 Å². The lowest BCUT2D eigenvalue weighted by molar-refractivity contribution is 0.0563. The molecular weight excluding hydrogens is 304 g/mol. The van der Waals surface area contributed by atoms with Gasteiger partial charge in [0.2, 0.25) is 11.7 Å². The van der Waals surface area contributed by atoms with Crippen LogP contribution in [0, 0.1) is 0 Å². The number of thioether (sulfide) groups is 1. The Morgan fingerprint density at radius 2 is 2.14 bits per heavy atom. The van der Waals surface area contributed by atoms with Crippen molar-refractivity contribution in [3.05, 3.63) is 23.7 Å². The minimum absolute atomic E-state index is 0.206. The number of anilines is 1. The van der Waals surface area contributed by atoms with Crippen molar-refractivity contribution in [1.29, 1.82) is 0 Å². The molecule has 0 saturated carbocycles. The van der Waals surface area contributed by atoms with E-state index < -0.39 is 5.97 Å². The Balaban J connectivity index is 2.11. The van der Waals surface area contributed by atoms with Crippen molar-refractivity contribution in [2.75, 3.05) is 26.1 Å². The zero-order valence-electron chi connectivity index (χ0n) is 13.4. The number of ether oxygens (including phenoxy) is 1. The summed E-state index contributed by atoms with van der Waals surface area (Å²) in [4.78, 5) is 13.3. The Morgan fingerprint density at radius 1 is 1.41 bits per heavy atom. The van der Waals surface area contributed by atoms with Crippen LogP contribution in [0.15, 0.2) is 21.7 Å². The fraction of sp³-hybridized carbons (Fsp3) is 0.500. The van der Waals surface area contributed by atoms with Gasteiger partial charge in [-0.1, -0.05) is 11.8 Å². The van der Waals surface area contributed by atoms with Crippen LogP contribution in [0.2, 0.25) is 0 Å². The number of nitrogens with zero attached hydrogens (tertiary/aromatic N) is 4. The number of rotatable bonds is 6. The Labute approximate surface area is 133 Å². The van der Waals surface area contributed by atoms with E-state index in [2.05, 4.69) is 33.3 Å². The number of methoxy groups -OCH3 is 1. The monoisotopic (exact) mass is 324 g/mol. The van der Waals surface area contributed by atoms with Gasteiger partial charge in [-0.25, -0.2) is 4.79 Å². The zero-order chi connectivity index (χ0) is 16.3. The quantitative estimate of drug-likeness (QED) is 0.597. The van der Waals surface area contributed by atoms with Crippen LogP contribution in [0.1, 0.15) is 36.2 Å². The van der Waals surface area contributed by atoms with Gasteiger partial charge in [-0.3, -0.25) is 4.57 Å². The third-order valence-electron chi connectivity index (χ3n) is 2.95. The first kappa shape index (κ1) is 16.4. The maximum atomic E-state index is 11.4. The highest BCUT2D eigenvalue weighted by Crippen LogP contribution is 2.28. The van der Waals surface area contributed by atoms with E-state index >= 15 is 0 Å². The van der Waals surface area contributed by atoms with E-state index in [0.717, 1.165) is 11.1 Å². The van der Waals surface area contributed by atoms with Gasteiger partial charge in [0.05, 0.1) is 12.9 Å². The third-order valence-corrected chi connectivity index (χ3v) is 3.92. The van der Waals surface area contributed by atoms with Gasteiger partial charge in [-0.2, -0.15) is 0 Å². The SMILES string of the molecule is COC(=O)c1ccc(CSc2nnc(N(C)C)n2C(C)C)o1. The van der Waals surface area contributed by atoms with Gasteiger partial charge in [-0.05, 0) is 26.0 Å². The summed E-state index contributed by atoms with van der Waals surface area (Å²) < 4.78 is 12.1. The molecular formula is C14H20N4O3S. The minimum atomic E-state index is -0.475. The molecule has 2 heterocycles. The molecule has 22 heavy (non-hydrogen) atoms. The lowest BCUT2D eigenvalue weighted by Crippen LogP contribution is -2.17. The highest BCUT2D eigenvalue weighted by molar-refractivity contribution is 7.98. The van der Waals surface area contributed by atoms with Crippen molar-refractivity contribution in [2.45, 2.75) is 30.8 Å². The van der Waals surface area contributed by atoms with Gasteiger partial charge in [0.15, 0.2) is 5.16 Å². The molecule has 0 radical (unpaired) electrons.